The topological polar surface area (TPSA) is 59.1 Å². The van der Waals surface area contributed by atoms with E-state index < -0.39 is 10.0 Å². The molecule has 0 saturated heterocycles. The van der Waals surface area contributed by atoms with E-state index in [1.165, 1.54) is 0 Å². The Bertz CT molecular complexity index is 922. The maximum absolute atomic E-state index is 11.7. The smallest absolute Gasteiger partial charge is 0.211 e. The number of hydrogen-bond donors (Lipinski definition) is 1. The van der Waals surface area contributed by atoms with Crippen molar-refractivity contribution in [2.24, 2.45) is 0 Å². The van der Waals surface area contributed by atoms with Crippen LogP contribution in [0.15, 0.2) is 60.9 Å². The van der Waals surface area contributed by atoms with Gasteiger partial charge < -0.3 is 0 Å². The van der Waals surface area contributed by atoms with Crippen molar-refractivity contribution in [3.05, 3.63) is 66.5 Å². The summed E-state index contributed by atoms with van der Waals surface area (Å²) >= 11 is 0. The molecule has 1 N–H and O–H groups in total. The maximum Gasteiger partial charge on any atom is 0.211 e. The zero-order chi connectivity index (χ0) is 16.3. The standard InChI is InChI=1S/C18H18N2O2S/c1-2-23(21,22)20-12-15-8-9-16(14-6-4-3-5-7-14)17-10-11-19-13-18(15)17/h3-11,13,20H,2,12H2,1H3. The molecule has 0 atom stereocenters. The molecule has 0 radical (unpaired) electrons. The van der Waals surface area contributed by atoms with Crippen LogP contribution in [0.4, 0.5) is 0 Å². The van der Waals surface area contributed by atoms with Crippen molar-refractivity contribution in [1.29, 1.82) is 0 Å². The van der Waals surface area contributed by atoms with Gasteiger partial charge in [-0.1, -0.05) is 42.5 Å². The molecule has 0 aliphatic rings. The number of aromatic nitrogens is 1. The molecule has 0 spiro atoms. The van der Waals surface area contributed by atoms with Crippen molar-refractivity contribution in [3.63, 3.8) is 0 Å². The predicted molar refractivity (Wildman–Crippen MR) is 93.5 cm³/mol. The molecule has 0 unspecified atom stereocenters. The molecule has 4 nitrogen and oxygen atoms in total. The van der Waals surface area contributed by atoms with E-state index in [1.807, 2.05) is 36.4 Å². The number of pyridine rings is 1. The van der Waals surface area contributed by atoms with E-state index in [4.69, 9.17) is 0 Å². The van der Waals surface area contributed by atoms with Crippen LogP contribution in [-0.2, 0) is 16.6 Å². The van der Waals surface area contributed by atoms with E-state index in [-0.39, 0.29) is 12.3 Å². The summed E-state index contributed by atoms with van der Waals surface area (Å²) in [5, 5.41) is 2.03. The Labute approximate surface area is 136 Å². The second-order valence-corrected chi connectivity index (χ2v) is 7.38. The third-order valence-electron chi connectivity index (χ3n) is 3.86. The van der Waals surface area contributed by atoms with Crippen LogP contribution in [0.3, 0.4) is 0 Å². The summed E-state index contributed by atoms with van der Waals surface area (Å²) in [6, 6.07) is 16.1. The Balaban J connectivity index is 2.06. The average molecular weight is 326 g/mol. The summed E-state index contributed by atoms with van der Waals surface area (Å²) in [5.74, 6) is 0.0747. The van der Waals surface area contributed by atoms with Crippen LogP contribution in [-0.4, -0.2) is 19.2 Å². The molecule has 0 aliphatic carbocycles. The van der Waals surface area contributed by atoms with Crippen molar-refractivity contribution in [1.82, 2.24) is 9.71 Å². The second kappa shape index (κ2) is 6.48. The SMILES string of the molecule is CCS(=O)(=O)NCc1ccc(-c2ccccc2)c2ccncc12. The maximum atomic E-state index is 11.7. The van der Waals surface area contributed by atoms with Gasteiger partial charge in [0.05, 0.1) is 5.75 Å². The van der Waals surface area contributed by atoms with Crippen molar-refractivity contribution in [2.75, 3.05) is 5.75 Å². The van der Waals surface area contributed by atoms with E-state index >= 15 is 0 Å². The number of nitrogens with one attached hydrogen (secondary N) is 1. The average Bonchev–Trinajstić information content (AvgIpc) is 2.60. The Morgan fingerprint density at radius 2 is 1.78 bits per heavy atom. The lowest BCUT2D eigenvalue weighted by molar-refractivity contribution is 0.583. The molecule has 2 aromatic carbocycles. The molecule has 0 fully saturated rings. The van der Waals surface area contributed by atoms with E-state index in [9.17, 15) is 8.42 Å². The summed E-state index contributed by atoms with van der Waals surface area (Å²) in [5.41, 5.74) is 3.17. The van der Waals surface area contributed by atoms with Crippen molar-refractivity contribution in [2.45, 2.75) is 13.5 Å². The van der Waals surface area contributed by atoms with Gasteiger partial charge in [0.1, 0.15) is 0 Å². The summed E-state index contributed by atoms with van der Waals surface area (Å²) in [4.78, 5) is 4.20. The lowest BCUT2D eigenvalue weighted by Crippen LogP contribution is -2.24. The molecule has 1 heterocycles. The fourth-order valence-corrected chi connectivity index (χ4v) is 3.14. The van der Waals surface area contributed by atoms with Gasteiger partial charge in [-0.25, -0.2) is 13.1 Å². The molecule has 0 saturated carbocycles. The van der Waals surface area contributed by atoms with Gasteiger partial charge in [-0.05, 0) is 35.1 Å². The van der Waals surface area contributed by atoms with Gasteiger partial charge >= 0.3 is 0 Å². The van der Waals surface area contributed by atoms with Crippen LogP contribution in [0.25, 0.3) is 21.9 Å². The highest BCUT2D eigenvalue weighted by Crippen LogP contribution is 2.30. The minimum atomic E-state index is -3.22. The van der Waals surface area contributed by atoms with Crippen LogP contribution in [0.5, 0.6) is 0 Å². The van der Waals surface area contributed by atoms with Crippen molar-refractivity contribution >= 4 is 20.8 Å². The third kappa shape index (κ3) is 3.41. The fourth-order valence-electron chi connectivity index (χ4n) is 2.56. The molecule has 5 heteroatoms. The molecule has 0 aliphatic heterocycles. The molecule has 118 valence electrons. The van der Waals surface area contributed by atoms with Crippen LogP contribution in [0.1, 0.15) is 12.5 Å². The molecule has 0 amide bonds. The van der Waals surface area contributed by atoms with Gasteiger partial charge in [0, 0.05) is 24.3 Å². The summed E-state index contributed by atoms with van der Waals surface area (Å²) in [6.45, 7) is 1.90. The highest BCUT2D eigenvalue weighted by Gasteiger charge is 2.11. The first-order valence-electron chi connectivity index (χ1n) is 7.49. The number of benzene rings is 2. The van der Waals surface area contributed by atoms with Gasteiger partial charge in [-0.2, -0.15) is 0 Å². The fraction of sp³-hybridized carbons (Fsp3) is 0.167. The monoisotopic (exact) mass is 326 g/mol. The zero-order valence-electron chi connectivity index (χ0n) is 12.9. The molecule has 3 rings (SSSR count). The summed E-state index contributed by atoms with van der Waals surface area (Å²) < 4.78 is 26.0. The lowest BCUT2D eigenvalue weighted by atomic mass is 9.96. The normalized spacial score (nSPS) is 11.7. The largest absolute Gasteiger partial charge is 0.264 e. The molecular weight excluding hydrogens is 308 g/mol. The Kier molecular flexibility index (Phi) is 4.41. The Morgan fingerprint density at radius 3 is 2.52 bits per heavy atom. The molecule has 23 heavy (non-hydrogen) atoms. The lowest BCUT2D eigenvalue weighted by Gasteiger charge is -2.12. The van der Waals surface area contributed by atoms with Crippen molar-refractivity contribution in [3.8, 4) is 11.1 Å². The van der Waals surface area contributed by atoms with Gasteiger partial charge in [-0.3, -0.25) is 4.98 Å². The third-order valence-corrected chi connectivity index (χ3v) is 5.20. The highest BCUT2D eigenvalue weighted by atomic mass is 32.2. The number of fused-ring (bicyclic) bond motifs is 1. The van der Waals surface area contributed by atoms with E-state index in [0.717, 1.165) is 27.5 Å². The number of rotatable bonds is 5. The Hall–Kier alpha value is -2.24. The van der Waals surface area contributed by atoms with Crippen LogP contribution >= 0.6 is 0 Å². The molecule has 1 aromatic heterocycles. The van der Waals surface area contributed by atoms with Crippen LogP contribution in [0, 0.1) is 0 Å². The summed E-state index contributed by atoms with van der Waals surface area (Å²) in [6.07, 6.45) is 3.55. The second-order valence-electron chi connectivity index (χ2n) is 5.28. The first-order chi connectivity index (χ1) is 11.1. The summed E-state index contributed by atoms with van der Waals surface area (Å²) in [7, 11) is -3.22. The minimum absolute atomic E-state index is 0.0747. The zero-order valence-corrected chi connectivity index (χ0v) is 13.7. The first kappa shape index (κ1) is 15.6. The number of hydrogen-bond acceptors (Lipinski definition) is 3. The van der Waals surface area contributed by atoms with Gasteiger partial charge in [0.25, 0.3) is 0 Å². The first-order valence-corrected chi connectivity index (χ1v) is 9.14. The number of nitrogens with zero attached hydrogens (tertiary/aromatic N) is 1. The van der Waals surface area contributed by atoms with Gasteiger partial charge in [0.15, 0.2) is 0 Å². The van der Waals surface area contributed by atoms with Crippen LogP contribution in [0.2, 0.25) is 0 Å². The molecular formula is C18H18N2O2S. The van der Waals surface area contributed by atoms with Crippen molar-refractivity contribution < 1.29 is 8.42 Å². The van der Waals surface area contributed by atoms with Gasteiger partial charge in [-0.15, -0.1) is 0 Å². The van der Waals surface area contributed by atoms with Gasteiger partial charge in [0.2, 0.25) is 10.0 Å². The minimum Gasteiger partial charge on any atom is -0.264 e. The van der Waals surface area contributed by atoms with E-state index in [1.54, 1.807) is 19.3 Å². The predicted octanol–water partition coefficient (Wildman–Crippen LogP) is 3.34. The Morgan fingerprint density at radius 1 is 1.00 bits per heavy atom. The van der Waals surface area contributed by atoms with Crippen LogP contribution < -0.4 is 4.72 Å². The molecule has 3 aromatic rings. The molecule has 0 bridgehead atoms. The quantitative estimate of drug-likeness (QED) is 0.782. The highest BCUT2D eigenvalue weighted by molar-refractivity contribution is 7.89. The van der Waals surface area contributed by atoms with E-state index in [0.29, 0.717) is 0 Å². The van der Waals surface area contributed by atoms with E-state index in [2.05, 4.69) is 21.8 Å². The number of sulfonamides is 1.